The normalized spacial score (nSPS) is 12.9. The van der Waals surface area contributed by atoms with Crippen molar-refractivity contribution < 1.29 is 4.74 Å². The average molecular weight is 775 g/mol. The molecule has 3 heterocycles. The third-order valence-corrected chi connectivity index (χ3v) is 12.8. The second-order valence-electron chi connectivity index (χ2n) is 17.6. The van der Waals surface area contributed by atoms with E-state index in [-0.39, 0.29) is 12.1 Å². The van der Waals surface area contributed by atoms with E-state index in [0.29, 0.717) is 0 Å². The Morgan fingerprint density at radius 2 is 1.15 bits per heavy atom. The van der Waals surface area contributed by atoms with E-state index in [1.54, 1.807) is 0 Å². The Morgan fingerprint density at radius 1 is 0.517 bits per heavy atom. The van der Waals surface area contributed by atoms with Crippen molar-refractivity contribution in [3.05, 3.63) is 187 Å². The molecular weight excluding hydrogens is 727 g/mol. The van der Waals surface area contributed by atoms with Crippen molar-refractivity contribution in [1.82, 2.24) is 4.57 Å². The van der Waals surface area contributed by atoms with E-state index in [1.807, 2.05) is 0 Å². The zero-order valence-corrected chi connectivity index (χ0v) is 34.7. The predicted molar refractivity (Wildman–Crippen MR) is 255 cm³/mol. The summed E-state index contributed by atoms with van der Waals surface area (Å²) in [5.74, 6) is 1.84. The highest BCUT2D eigenvalue weighted by atomic mass is 16.5. The van der Waals surface area contributed by atoms with Gasteiger partial charge in [0.05, 0.1) is 11.0 Å². The summed E-state index contributed by atoms with van der Waals surface area (Å²) in [6.07, 6.45) is 3.26. The van der Waals surface area contributed by atoms with Crippen LogP contribution in [0, 0.1) is 0 Å². The first-order chi connectivity index (χ1) is 29.4. The Kier molecular flexibility index (Phi) is 8.60. The van der Waals surface area contributed by atoms with Crippen LogP contribution in [0.25, 0.3) is 49.7 Å². The van der Waals surface area contributed by atoms with Gasteiger partial charge in [-0.05, 0) is 110 Å². The number of aryl methyl sites for hydroxylation is 1. The highest BCUT2D eigenvalue weighted by Gasteiger charge is 2.43. The van der Waals surface area contributed by atoms with E-state index in [1.165, 1.54) is 88.6 Å². The standard InChI is InChI=1S/C56H47BN2O/c1-5-6-17-39-26-27-41(38-20-11-8-12-21-38)33-51(39)59-50-31-28-40(37-18-9-7-10-19-37)32-47(50)57-46-30-29-43(58-48-24-15-13-22-44(48)45-23-14-16-25-49(45)58)36-53(46)60-54-35-42(56(2,3)4)34-52(59)55(54)57/h7-16,18-36H,5-6,17H2,1-4H3. The highest BCUT2D eigenvalue weighted by molar-refractivity contribution is 6.99. The lowest BCUT2D eigenvalue weighted by molar-refractivity contribution is 0.483. The molecule has 0 amide bonds. The van der Waals surface area contributed by atoms with Crippen LogP contribution in [0.2, 0.25) is 0 Å². The van der Waals surface area contributed by atoms with E-state index in [9.17, 15) is 0 Å². The van der Waals surface area contributed by atoms with E-state index in [4.69, 9.17) is 4.74 Å². The Bertz CT molecular complexity index is 3050. The number of ether oxygens (including phenoxy) is 1. The molecule has 60 heavy (non-hydrogen) atoms. The van der Waals surface area contributed by atoms with E-state index < -0.39 is 0 Å². The molecule has 0 bridgehead atoms. The van der Waals surface area contributed by atoms with Gasteiger partial charge in [-0.1, -0.05) is 162 Å². The molecule has 8 aromatic carbocycles. The maximum absolute atomic E-state index is 7.29. The summed E-state index contributed by atoms with van der Waals surface area (Å²) in [6.45, 7) is 9.18. The van der Waals surface area contributed by atoms with Gasteiger partial charge >= 0.3 is 0 Å². The number of anilines is 3. The van der Waals surface area contributed by atoms with Crippen LogP contribution < -0.4 is 26.0 Å². The molecule has 0 atom stereocenters. The molecule has 2 aliphatic heterocycles. The first kappa shape index (κ1) is 36.3. The third-order valence-electron chi connectivity index (χ3n) is 12.8. The molecule has 0 fully saturated rings. The maximum Gasteiger partial charge on any atom is 0.256 e. The van der Waals surface area contributed by atoms with E-state index in [0.717, 1.165) is 36.4 Å². The van der Waals surface area contributed by atoms with Gasteiger partial charge in [0, 0.05) is 39.6 Å². The molecule has 0 spiro atoms. The number of aromatic nitrogens is 1. The lowest BCUT2D eigenvalue weighted by Gasteiger charge is -2.42. The van der Waals surface area contributed by atoms with Crippen molar-refractivity contribution in [2.45, 2.75) is 52.4 Å². The summed E-state index contributed by atoms with van der Waals surface area (Å²) in [6, 6.07) is 65.0. The molecule has 11 rings (SSSR count). The summed E-state index contributed by atoms with van der Waals surface area (Å²) in [4.78, 5) is 2.58. The van der Waals surface area contributed by atoms with Crippen LogP contribution in [-0.2, 0) is 11.8 Å². The number of fused-ring (bicyclic) bond motifs is 7. The van der Waals surface area contributed by atoms with Crippen LogP contribution in [0.3, 0.4) is 0 Å². The van der Waals surface area contributed by atoms with Crippen LogP contribution in [0.5, 0.6) is 11.5 Å². The monoisotopic (exact) mass is 774 g/mol. The van der Waals surface area contributed by atoms with Crippen molar-refractivity contribution in [3.63, 3.8) is 0 Å². The first-order valence-corrected chi connectivity index (χ1v) is 21.5. The van der Waals surface area contributed by atoms with Gasteiger partial charge < -0.3 is 14.2 Å². The van der Waals surface area contributed by atoms with Crippen molar-refractivity contribution >= 4 is 62.0 Å². The van der Waals surface area contributed by atoms with E-state index in [2.05, 4.69) is 213 Å². The van der Waals surface area contributed by atoms with Gasteiger partial charge in [0.25, 0.3) is 6.71 Å². The third kappa shape index (κ3) is 5.88. The van der Waals surface area contributed by atoms with E-state index >= 15 is 0 Å². The molecule has 9 aromatic rings. The molecule has 0 unspecified atom stereocenters. The Hall–Kier alpha value is -6.78. The van der Waals surface area contributed by atoms with Gasteiger partial charge in [-0.2, -0.15) is 0 Å². The molecule has 3 nitrogen and oxygen atoms in total. The van der Waals surface area contributed by atoms with Crippen LogP contribution >= 0.6 is 0 Å². The molecule has 0 saturated carbocycles. The summed E-state index contributed by atoms with van der Waals surface area (Å²) >= 11 is 0. The molecule has 290 valence electrons. The molecule has 0 N–H and O–H groups in total. The maximum atomic E-state index is 7.29. The number of hydrogen-bond donors (Lipinski definition) is 0. The minimum Gasteiger partial charge on any atom is -0.458 e. The second kappa shape index (κ2) is 14.2. The van der Waals surface area contributed by atoms with Crippen LogP contribution in [0.4, 0.5) is 17.1 Å². The number of benzene rings is 8. The average Bonchev–Trinajstić information content (AvgIpc) is 3.62. The molecular formula is C56H47BN2O. The molecule has 4 heteroatoms. The Labute approximate surface area is 353 Å². The minimum atomic E-state index is -0.116. The summed E-state index contributed by atoms with van der Waals surface area (Å²) in [5.41, 5.74) is 18.2. The zero-order chi connectivity index (χ0) is 40.5. The van der Waals surface area contributed by atoms with Crippen LogP contribution in [0.1, 0.15) is 51.7 Å². The topological polar surface area (TPSA) is 17.4 Å². The fraction of sp³-hybridized carbons (Fsp3) is 0.143. The second-order valence-corrected chi connectivity index (χ2v) is 17.6. The van der Waals surface area contributed by atoms with Crippen LogP contribution in [-0.4, -0.2) is 11.3 Å². The lowest BCUT2D eigenvalue weighted by Crippen LogP contribution is -2.59. The van der Waals surface area contributed by atoms with Crippen molar-refractivity contribution in [2.24, 2.45) is 0 Å². The SMILES string of the molecule is CCCCc1ccc(-c2ccccc2)cc1N1c2ccc(-c3ccccc3)cc2B2c3ccc(-n4c5ccccc5c5ccccc54)cc3Oc3cc(C(C)(C)C)cc1c32. The first-order valence-electron chi connectivity index (χ1n) is 21.5. The largest absolute Gasteiger partial charge is 0.458 e. The highest BCUT2D eigenvalue weighted by Crippen LogP contribution is 2.46. The Morgan fingerprint density at radius 3 is 1.82 bits per heavy atom. The molecule has 0 aliphatic carbocycles. The summed E-state index contributed by atoms with van der Waals surface area (Å²) < 4.78 is 9.68. The van der Waals surface area contributed by atoms with Gasteiger partial charge in [0.1, 0.15) is 11.5 Å². The minimum absolute atomic E-state index is 0.0359. The van der Waals surface area contributed by atoms with Gasteiger partial charge in [0.2, 0.25) is 0 Å². The number of nitrogens with zero attached hydrogens (tertiary/aromatic N) is 2. The van der Waals surface area contributed by atoms with Gasteiger partial charge in [0.15, 0.2) is 0 Å². The fourth-order valence-electron chi connectivity index (χ4n) is 9.74. The predicted octanol–water partition coefficient (Wildman–Crippen LogP) is 13.2. The molecule has 1 aromatic heterocycles. The number of para-hydroxylation sites is 2. The lowest BCUT2D eigenvalue weighted by atomic mass is 9.34. The van der Waals surface area contributed by atoms with Gasteiger partial charge in [-0.3, -0.25) is 0 Å². The molecule has 0 saturated heterocycles. The number of unbranched alkanes of at least 4 members (excludes halogenated alkanes) is 1. The number of hydrogen-bond acceptors (Lipinski definition) is 2. The Balaban J connectivity index is 1.18. The van der Waals surface area contributed by atoms with Crippen LogP contribution in [0.15, 0.2) is 176 Å². The summed E-state index contributed by atoms with van der Waals surface area (Å²) in [7, 11) is 0. The summed E-state index contributed by atoms with van der Waals surface area (Å²) in [5, 5.41) is 2.50. The quantitative estimate of drug-likeness (QED) is 0.150. The van der Waals surface area contributed by atoms with Gasteiger partial charge in [-0.25, -0.2) is 0 Å². The van der Waals surface area contributed by atoms with Gasteiger partial charge in [-0.15, -0.1) is 0 Å². The fourth-order valence-corrected chi connectivity index (χ4v) is 9.74. The van der Waals surface area contributed by atoms with Crippen molar-refractivity contribution in [2.75, 3.05) is 4.90 Å². The molecule has 2 aliphatic rings. The smallest absolute Gasteiger partial charge is 0.256 e. The zero-order valence-electron chi connectivity index (χ0n) is 34.7. The number of rotatable bonds is 7. The van der Waals surface area contributed by atoms with Crippen molar-refractivity contribution in [3.8, 4) is 39.4 Å². The molecule has 0 radical (unpaired) electrons. The van der Waals surface area contributed by atoms with Crippen molar-refractivity contribution in [1.29, 1.82) is 0 Å².